The fourth-order valence-electron chi connectivity index (χ4n) is 5.38. The first-order valence-electron chi connectivity index (χ1n) is 8.16. The van der Waals surface area contributed by atoms with E-state index in [1.165, 1.54) is 38.5 Å². The van der Waals surface area contributed by atoms with E-state index in [1.807, 2.05) is 0 Å². The second-order valence-corrected chi connectivity index (χ2v) is 7.30. The number of hydrogen-bond acceptors (Lipinski definition) is 2. The molecule has 4 bridgehead atoms. The lowest BCUT2D eigenvalue weighted by atomic mass is 9.49. The van der Waals surface area contributed by atoms with Crippen LogP contribution in [-0.4, -0.2) is 25.5 Å². The molecule has 108 valence electrons. The molecule has 3 heteroatoms. The topological polar surface area (TPSA) is 41.1 Å². The standard InChI is InChI=1S/C16H28N2O/c1-2-17-3-4-18-15(19)11-16-8-12-5-13(9-16)7-14(6-12)10-16/h12-14,17H,2-11H2,1H3,(H,18,19). The predicted octanol–water partition coefficient (Wildman–Crippen LogP) is 2.32. The molecule has 0 aromatic carbocycles. The van der Waals surface area contributed by atoms with Gasteiger partial charge in [0.15, 0.2) is 0 Å². The highest BCUT2D eigenvalue weighted by atomic mass is 16.1. The zero-order valence-electron chi connectivity index (χ0n) is 12.2. The summed E-state index contributed by atoms with van der Waals surface area (Å²) >= 11 is 0. The molecule has 0 aromatic heterocycles. The number of likely N-dealkylation sites (N-methyl/N-ethyl adjacent to an activating group) is 1. The number of carbonyl (C=O) groups is 1. The molecule has 19 heavy (non-hydrogen) atoms. The van der Waals surface area contributed by atoms with E-state index in [-0.39, 0.29) is 0 Å². The summed E-state index contributed by atoms with van der Waals surface area (Å²) in [7, 11) is 0. The van der Waals surface area contributed by atoms with Crippen molar-refractivity contribution in [1.82, 2.24) is 10.6 Å². The van der Waals surface area contributed by atoms with Gasteiger partial charge in [-0.15, -0.1) is 0 Å². The van der Waals surface area contributed by atoms with Gasteiger partial charge in [0.05, 0.1) is 0 Å². The van der Waals surface area contributed by atoms with Crippen LogP contribution < -0.4 is 10.6 Å². The van der Waals surface area contributed by atoms with Gasteiger partial charge in [-0.1, -0.05) is 6.92 Å². The van der Waals surface area contributed by atoms with Gasteiger partial charge in [0.25, 0.3) is 0 Å². The third-order valence-corrected chi connectivity index (χ3v) is 5.57. The molecule has 4 fully saturated rings. The summed E-state index contributed by atoms with van der Waals surface area (Å²) in [6.07, 6.45) is 9.17. The van der Waals surface area contributed by atoms with Gasteiger partial charge in [-0.25, -0.2) is 0 Å². The van der Waals surface area contributed by atoms with Gasteiger partial charge in [-0.2, -0.15) is 0 Å². The Morgan fingerprint density at radius 2 is 1.63 bits per heavy atom. The van der Waals surface area contributed by atoms with Crippen molar-refractivity contribution in [3.8, 4) is 0 Å². The SMILES string of the molecule is CCNCCNC(=O)CC12CC3CC(CC(C3)C1)C2. The smallest absolute Gasteiger partial charge is 0.220 e. The highest BCUT2D eigenvalue weighted by molar-refractivity contribution is 5.76. The van der Waals surface area contributed by atoms with Crippen LogP contribution in [0, 0.1) is 23.2 Å². The highest BCUT2D eigenvalue weighted by Crippen LogP contribution is 2.61. The maximum absolute atomic E-state index is 12.2. The van der Waals surface area contributed by atoms with Gasteiger partial charge in [0, 0.05) is 19.5 Å². The Balaban J connectivity index is 1.50. The summed E-state index contributed by atoms with van der Waals surface area (Å²) in [5, 5.41) is 6.34. The van der Waals surface area contributed by atoms with Crippen molar-refractivity contribution in [1.29, 1.82) is 0 Å². The molecule has 0 aromatic rings. The average Bonchev–Trinajstić information content (AvgIpc) is 2.32. The molecule has 0 spiro atoms. The summed E-state index contributed by atoms with van der Waals surface area (Å²) in [4.78, 5) is 12.2. The van der Waals surface area contributed by atoms with Gasteiger partial charge in [-0.05, 0) is 68.2 Å². The first kappa shape index (κ1) is 13.4. The lowest BCUT2D eigenvalue weighted by Gasteiger charge is -2.56. The maximum atomic E-state index is 12.2. The zero-order chi connectivity index (χ0) is 13.3. The lowest BCUT2D eigenvalue weighted by Crippen LogP contribution is -2.48. The fourth-order valence-corrected chi connectivity index (χ4v) is 5.38. The van der Waals surface area contributed by atoms with Gasteiger partial charge in [-0.3, -0.25) is 4.79 Å². The van der Waals surface area contributed by atoms with Crippen LogP contribution in [0.4, 0.5) is 0 Å². The van der Waals surface area contributed by atoms with Crippen molar-refractivity contribution >= 4 is 5.91 Å². The van der Waals surface area contributed by atoms with Crippen LogP contribution in [0.5, 0.6) is 0 Å². The molecule has 1 amide bonds. The van der Waals surface area contributed by atoms with E-state index in [1.54, 1.807) is 0 Å². The monoisotopic (exact) mass is 264 g/mol. The molecule has 4 aliphatic rings. The first-order valence-corrected chi connectivity index (χ1v) is 8.16. The Labute approximate surface area is 116 Å². The van der Waals surface area contributed by atoms with E-state index in [9.17, 15) is 4.79 Å². The van der Waals surface area contributed by atoms with Crippen LogP contribution in [0.25, 0.3) is 0 Å². The summed E-state index contributed by atoms with van der Waals surface area (Å²) in [5.74, 6) is 3.13. The van der Waals surface area contributed by atoms with Crippen LogP contribution >= 0.6 is 0 Å². The second kappa shape index (κ2) is 5.43. The molecular formula is C16H28N2O. The summed E-state index contributed by atoms with van der Waals surface area (Å²) in [6.45, 7) is 4.74. The summed E-state index contributed by atoms with van der Waals surface area (Å²) in [5.41, 5.74) is 0.386. The number of amides is 1. The van der Waals surface area contributed by atoms with Crippen molar-refractivity contribution in [2.75, 3.05) is 19.6 Å². The highest BCUT2D eigenvalue weighted by Gasteiger charge is 2.51. The van der Waals surface area contributed by atoms with Crippen molar-refractivity contribution in [2.45, 2.75) is 51.9 Å². The van der Waals surface area contributed by atoms with Gasteiger partial charge >= 0.3 is 0 Å². The van der Waals surface area contributed by atoms with Crippen LogP contribution in [0.15, 0.2) is 0 Å². The predicted molar refractivity (Wildman–Crippen MR) is 76.8 cm³/mol. The minimum absolute atomic E-state index is 0.292. The summed E-state index contributed by atoms with van der Waals surface area (Å²) < 4.78 is 0. The largest absolute Gasteiger partial charge is 0.355 e. The molecule has 0 aliphatic heterocycles. The Morgan fingerprint density at radius 1 is 1.05 bits per heavy atom. The number of hydrogen-bond donors (Lipinski definition) is 2. The molecule has 2 N–H and O–H groups in total. The van der Waals surface area contributed by atoms with Gasteiger partial charge in [0.2, 0.25) is 5.91 Å². The van der Waals surface area contributed by atoms with Crippen LogP contribution in [0.3, 0.4) is 0 Å². The molecule has 0 radical (unpaired) electrons. The minimum Gasteiger partial charge on any atom is -0.355 e. The van der Waals surface area contributed by atoms with E-state index in [0.717, 1.165) is 43.8 Å². The second-order valence-electron chi connectivity index (χ2n) is 7.30. The van der Waals surface area contributed by atoms with Crippen LogP contribution in [0.2, 0.25) is 0 Å². The van der Waals surface area contributed by atoms with Crippen LogP contribution in [-0.2, 0) is 4.79 Å². The normalized spacial score (nSPS) is 39.5. The van der Waals surface area contributed by atoms with Crippen molar-refractivity contribution in [3.63, 3.8) is 0 Å². The Morgan fingerprint density at radius 3 is 2.16 bits per heavy atom. The number of rotatable bonds is 6. The molecule has 0 atom stereocenters. The van der Waals surface area contributed by atoms with Crippen LogP contribution in [0.1, 0.15) is 51.9 Å². The molecule has 3 nitrogen and oxygen atoms in total. The van der Waals surface area contributed by atoms with E-state index >= 15 is 0 Å². The Kier molecular flexibility index (Phi) is 3.84. The van der Waals surface area contributed by atoms with Gasteiger partial charge < -0.3 is 10.6 Å². The molecule has 0 heterocycles. The third-order valence-electron chi connectivity index (χ3n) is 5.57. The van der Waals surface area contributed by atoms with Gasteiger partial charge in [0.1, 0.15) is 0 Å². The molecule has 4 rings (SSSR count). The van der Waals surface area contributed by atoms with E-state index in [0.29, 0.717) is 11.3 Å². The quantitative estimate of drug-likeness (QED) is 0.723. The third kappa shape index (κ3) is 2.96. The molecule has 4 aliphatic carbocycles. The van der Waals surface area contributed by atoms with E-state index in [2.05, 4.69) is 17.6 Å². The van der Waals surface area contributed by atoms with Crippen molar-refractivity contribution in [2.24, 2.45) is 23.2 Å². The number of carbonyl (C=O) groups excluding carboxylic acids is 1. The minimum atomic E-state index is 0.292. The molecular weight excluding hydrogens is 236 g/mol. The Hall–Kier alpha value is -0.570. The first-order chi connectivity index (χ1) is 9.19. The fraction of sp³-hybridized carbons (Fsp3) is 0.938. The van der Waals surface area contributed by atoms with Crippen molar-refractivity contribution < 1.29 is 4.79 Å². The number of nitrogens with one attached hydrogen (secondary N) is 2. The molecule has 0 saturated heterocycles. The van der Waals surface area contributed by atoms with Crippen molar-refractivity contribution in [3.05, 3.63) is 0 Å². The zero-order valence-corrected chi connectivity index (χ0v) is 12.2. The molecule has 4 saturated carbocycles. The summed E-state index contributed by atoms with van der Waals surface area (Å²) in [6, 6.07) is 0. The van der Waals surface area contributed by atoms with E-state index in [4.69, 9.17) is 0 Å². The molecule has 0 unspecified atom stereocenters. The average molecular weight is 264 g/mol. The Bertz CT molecular complexity index is 304. The maximum Gasteiger partial charge on any atom is 0.220 e. The van der Waals surface area contributed by atoms with E-state index < -0.39 is 0 Å². The lowest BCUT2D eigenvalue weighted by molar-refractivity contribution is -0.129.